The molecule has 0 radical (unpaired) electrons. The number of carbonyl (C=O) groups excluding carboxylic acids is 3. The first-order valence-electron chi connectivity index (χ1n) is 8.34. The number of ether oxygens (including phenoxy) is 2. The van der Waals surface area contributed by atoms with Crippen LogP contribution in [0.15, 0.2) is 45.8 Å². The van der Waals surface area contributed by atoms with Crippen molar-refractivity contribution >= 4 is 45.5 Å². The van der Waals surface area contributed by atoms with Crippen LogP contribution in [0.3, 0.4) is 0 Å². The topological polar surface area (TPSA) is 81.7 Å². The molecular weight excluding hydrogens is 446 g/mol. The summed E-state index contributed by atoms with van der Waals surface area (Å²) in [4.78, 5) is 36.9. The Balaban J connectivity index is 1.82. The molecule has 28 heavy (non-hydrogen) atoms. The average molecular weight is 466 g/mol. The third kappa shape index (κ3) is 6.10. The van der Waals surface area contributed by atoms with Crippen LogP contribution in [-0.4, -0.2) is 37.3 Å². The van der Waals surface area contributed by atoms with Gasteiger partial charge in [-0.3, -0.25) is 19.7 Å². The molecular formula is C20H20BrNO5S. The second-order valence-electron chi connectivity index (χ2n) is 5.89. The van der Waals surface area contributed by atoms with Gasteiger partial charge >= 0.3 is 5.97 Å². The molecule has 0 atom stereocenters. The highest BCUT2D eigenvalue weighted by atomic mass is 79.9. The number of imide groups is 1. The average Bonchev–Trinajstić information content (AvgIpc) is 2.68. The fourth-order valence-corrected chi connectivity index (χ4v) is 3.66. The predicted octanol–water partition coefficient (Wildman–Crippen LogP) is 3.67. The minimum Gasteiger partial charge on any atom is -0.496 e. The van der Waals surface area contributed by atoms with Gasteiger partial charge in [0, 0.05) is 9.37 Å². The molecule has 0 saturated heterocycles. The number of amides is 2. The Morgan fingerprint density at radius 2 is 1.82 bits per heavy atom. The number of esters is 1. The largest absolute Gasteiger partial charge is 0.496 e. The summed E-state index contributed by atoms with van der Waals surface area (Å²) in [6.07, 6.45) is 0. The standard InChI is InChI=1S/C20H20BrNO5S/c1-12-9-17(13(2)8-15(12)21)28-11-19(24)27-10-18(23)22-20(25)14-6-4-5-7-16(14)26-3/h4-9H,10-11H2,1-3H3,(H,22,23,25). The molecule has 6 nitrogen and oxygen atoms in total. The molecule has 2 amide bonds. The lowest BCUT2D eigenvalue weighted by molar-refractivity contribution is -0.145. The summed E-state index contributed by atoms with van der Waals surface area (Å²) in [6, 6.07) is 10.5. The first kappa shape index (κ1) is 22.0. The van der Waals surface area contributed by atoms with Gasteiger partial charge in [0.15, 0.2) is 6.61 Å². The van der Waals surface area contributed by atoms with Crippen LogP contribution in [0, 0.1) is 13.8 Å². The summed E-state index contributed by atoms with van der Waals surface area (Å²) in [7, 11) is 1.43. The zero-order valence-electron chi connectivity index (χ0n) is 15.7. The lowest BCUT2D eigenvalue weighted by atomic mass is 10.2. The molecule has 0 aliphatic heterocycles. The molecule has 0 aliphatic rings. The van der Waals surface area contributed by atoms with E-state index < -0.39 is 24.4 Å². The molecule has 2 rings (SSSR count). The zero-order valence-corrected chi connectivity index (χ0v) is 18.1. The smallest absolute Gasteiger partial charge is 0.316 e. The van der Waals surface area contributed by atoms with Gasteiger partial charge in [-0.1, -0.05) is 28.1 Å². The van der Waals surface area contributed by atoms with Gasteiger partial charge in [0.25, 0.3) is 11.8 Å². The fourth-order valence-electron chi connectivity index (χ4n) is 2.30. The molecule has 0 saturated carbocycles. The number of methoxy groups -OCH3 is 1. The molecule has 1 N–H and O–H groups in total. The molecule has 148 valence electrons. The highest BCUT2D eigenvalue weighted by Gasteiger charge is 2.16. The number of hydrogen-bond acceptors (Lipinski definition) is 6. The highest BCUT2D eigenvalue weighted by molar-refractivity contribution is 9.10. The number of rotatable bonds is 7. The van der Waals surface area contributed by atoms with Crippen LogP contribution in [0.5, 0.6) is 5.75 Å². The molecule has 0 aliphatic carbocycles. The Bertz CT molecular complexity index is 900. The quantitative estimate of drug-likeness (QED) is 0.496. The minimum absolute atomic E-state index is 0.0651. The molecule has 0 heterocycles. The van der Waals surface area contributed by atoms with Crippen molar-refractivity contribution in [3.05, 3.63) is 57.6 Å². The summed E-state index contributed by atoms with van der Waals surface area (Å²) < 4.78 is 11.0. The van der Waals surface area contributed by atoms with E-state index in [1.807, 2.05) is 26.0 Å². The van der Waals surface area contributed by atoms with Crippen LogP contribution in [0.2, 0.25) is 0 Å². The third-order valence-corrected chi connectivity index (χ3v) is 5.76. The van der Waals surface area contributed by atoms with Crippen molar-refractivity contribution in [2.45, 2.75) is 18.7 Å². The lowest BCUT2D eigenvalue weighted by Crippen LogP contribution is -2.34. The molecule has 0 aromatic heterocycles. The maximum absolute atomic E-state index is 12.1. The van der Waals surface area contributed by atoms with E-state index in [2.05, 4.69) is 21.2 Å². The van der Waals surface area contributed by atoms with Gasteiger partial charge in [-0.2, -0.15) is 0 Å². The van der Waals surface area contributed by atoms with E-state index in [9.17, 15) is 14.4 Å². The van der Waals surface area contributed by atoms with Gasteiger partial charge in [0.05, 0.1) is 18.4 Å². The van der Waals surface area contributed by atoms with Gasteiger partial charge in [0.2, 0.25) is 0 Å². The van der Waals surface area contributed by atoms with Gasteiger partial charge in [-0.25, -0.2) is 0 Å². The van der Waals surface area contributed by atoms with E-state index in [4.69, 9.17) is 9.47 Å². The second-order valence-corrected chi connectivity index (χ2v) is 7.77. The Morgan fingerprint density at radius 1 is 1.11 bits per heavy atom. The van der Waals surface area contributed by atoms with Crippen LogP contribution in [0.25, 0.3) is 0 Å². The van der Waals surface area contributed by atoms with Crippen molar-refractivity contribution in [1.82, 2.24) is 5.32 Å². The Labute approximate surface area is 176 Å². The van der Waals surface area contributed by atoms with Crippen molar-refractivity contribution in [2.75, 3.05) is 19.5 Å². The van der Waals surface area contributed by atoms with Crippen molar-refractivity contribution in [3.63, 3.8) is 0 Å². The monoisotopic (exact) mass is 465 g/mol. The van der Waals surface area contributed by atoms with E-state index in [1.165, 1.54) is 24.9 Å². The third-order valence-electron chi connectivity index (χ3n) is 3.77. The molecule has 8 heteroatoms. The first-order chi connectivity index (χ1) is 13.3. The molecule has 2 aromatic rings. The number of carbonyl (C=O) groups is 3. The summed E-state index contributed by atoms with van der Waals surface area (Å²) in [5.41, 5.74) is 2.33. The molecule has 0 spiro atoms. The molecule has 2 aromatic carbocycles. The van der Waals surface area contributed by atoms with Crippen molar-refractivity contribution in [3.8, 4) is 5.75 Å². The van der Waals surface area contributed by atoms with Crippen LogP contribution in [0.1, 0.15) is 21.5 Å². The summed E-state index contributed by atoms with van der Waals surface area (Å²) in [5.74, 6) is -1.44. The second kappa shape index (κ2) is 10.3. The Hall–Kier alpha value is -2.32. The van der Waals surface area contributed by atoms with Gasteiger partial charge in [0.1, 0.15) is 5.75 Å². The molecule has 0 unspecified atom stereocenters. The molecule has 0 fully saturated rings. The van der Waals surface area contributed by atoms with Gasteiger partial charge in [-0.15, -0.1) is 11.8 Å². The number of benzene rings is 2. The number of halogens is 1. The zero-order chi connectivity index (χ0) is 20.7. The van der Waals surface area contributed by atoms with Crippen LogP contribution >= 0.6 is 27.7 Å². The number of para-hydroxylation sites is 1. The SMILES string of the molecule is COc1ccccc1C(=O)NC(=O)COC(=O)CSc1cc(C)c(Br)cc1C. The predicted molar refractivity (Wildman–Crippen MR) is 111 cm³/mol. The summed E-state index contributed by atoms with van der Waals surface area (Å²) in [6.45, 7) is 3.39. The Kier molecular flexibility index (Phi) is 8.07. The maximum Gasteiger partial charge on any atom is 0.316 e. The summed E-state index contributed by atoms with van der Waals surface area (Å²) in [5, 5.41) is 2.18. The van der Waals surface area contributed by atoms with E-state index >= 15 is 0 Å². The van der Waals surface area contributed by atoms with Gasteiger partial charge in [-0.05, 0) is 49.2 Å². The van der Waals surface area contributed by atoms with Crippen LogP contribution in [0.4, 0.5) is 0 Å². The van der Waals surface area contributed by atoms with Crippen molar-refractivity contribution in [2.24, 2.45) is 0 Å². The van der Waals surface area contributed by atoms with Crippen molar-refractivity contribution in [1.29, 1.82) is 0 Å². The lowest BCUT2D eigenvalue weighted by Gasteiger charge is -2.10. The van der Waals surface area contributed by atoms with E-state index in [0.29, 0.717) is 5.75 Å². The van der Waals surface area contributed by atoms with E-state index in [-0.39, 0.29) is 11.3 Å². The van der Waals surface area contributed by atoms with Crippen LogP contribution < -0.4 is 10.1 Å². The van der Waals surface area contributed by atoms with Crippen molar-refractivity contribution < 1.29 is 23.9 Å². The number of thioether (sulfide) groups is 1. The number of aryl methyl sites for hydroxylation is 2. The van der Waals surface area contributed by atoms with Gasteiger partial charge < -0.3 is 9.47 Å². The fraction of sp³-hybridized carbons (Fsp3) is 0.250. The maximum atomic E-state index is 12.1. The molecule has 0 bridgehead atoms. The summed E-state index contributed by atoms with van der Waals surface area (Å²) >= 11 is 4.80. The highest BCUT2D eigenvalue weighted by Crippen LogP contribution is 2.28. The van der Waals surface area contributed by atoms with E-state index in [1.54, 1.807) is 18.2 Å². The van der Waals surface area contributed by atoms with Crippen LogP contribution in [-0.2, 0) is 14.3 Å². The Morgan fingerprint density at radius 3 is 2.54 bits per heavy atom. The van der Waals surface area contributed by atoms with E-state index in [0.717, 1.165) is 20.5 Å². The first-order valence-corrected chi connectivity index (χ1v) is 10.1. The number of nitrogens with one attached hydrogen (secondary N) is 1. The number of hydrogen-bond donors (Lipinski definition) is 1. The minimum atomic E-state index is -0.704. The normalized spacial score (nSPS) is 10.3.